The van der Waals surface area contributed by atoms with Gasteiger partial charge in [0.25, 0.3) is 0 Å². The Morgan fingerprint density at radius 3 is 2.56 bits per heavy atom. The van der Waals surface area contributed by atoms with Gasteiger partial charge in [0.1, 0.15) is 0 Å². The highest BCUT2D eigenvalue weighted by Gasteiger charge is 2.33. The lowest BCUT2D eigenvalue weighted by Crippen LogP contribution is -2.38. The van der Waals surface area contributed by atoms with Crippen molar-refractivity contribution in [3.63, 3.8) is 0 Å². The molecular formula is C15H21F3N6S. The molecule has 0 spiro atoms. The maximum atomic E-state index is 12.5. The van der Waals surface area contributed by atoms with E-state index in [-0.39, 0.29) is 0 Å². The Kier molecular flexibility index (Phi) is 6.04. The van der Waals surface area contributed by atoms with Gasteiger partial charge in [-0.15, -0.1) is 11.3 Å². The zero-order chi connectivity index (χ0) is 18.6. The summed E-state index contributed by atoms with van der Waals surface area (Å²) in [6, 6.07) is 0. The van der Waals surface area contributed by atoms with E-state index in [1.807, 2.05) is 25.6 Å². The maximum Gasteiger partial charge on any atom is 0.434 e. The minimum absolute atomic E-state index is 0.395. The van der Waals surface area contributed by atoms with Crippen LogP contribution in [0, 0.1) is 13.8 Å². The van der Waals surface area contributed by atoms with Crippen molar-refractivity contribution in [2.75, 3.05) is 13.6 Å². The van der Waals surface area contributed by atoms with Gasteiger partial charge in [-0.2, -0.15) is 18.3 Å². The van der Waals surface area contributed by atoms with Crippen LogP contribution in [0.3, 0.4) is 0 Å². The molecule has 0 fully saturated rings. The highest BCUT2D eigenvalue weighted by molar-refractivity contribution is 7.09. The molecule has 0 saturated heterocycles. The van der Waals surface area contributed by atoms with Crippen molar-refractivity contribution in [2.45, 2.75) is 33.0 Å². The molecule has 138 valence electrons. The van der Waals surface area contributed by atoms with E-state index >= 15 is 0 Å². The molecule has 2 aromatic rings. The molecule has 0 aliphatic heterocycles. The van der Waals surface area contributed by atoms with E-state index in [4.69, 9.17) is 0 Å². The minimum Gasteiger partial charge on any atom is -0.356 e. The average molecular weight is 374 g/mol. The van der Waals surface area contributed by atoms with Crippen molar-refractivity contribution in [3.8, 4) is 0 Å². The van der Waals surface area contributed by atoms with Crippen molar-refractivity contribution in [3.05, 3.63) is 33.0 Å². The van der Waals surface area contributed by atoms with Gasteiger partial charge in [0.05, 0.1) is 10.7 Å². The van der Waals surface area contributed by atoms with Crippen LogP contribution in [0.25, 0.3) is 0 Å². The summed E-state index contributed by atoms with van der Waals surface area (Å²) in [6.45, 7) is 4.95. The van der Waals surface area contributed by atoms with Crippen molar-refractivity contribution in [2.24, 2.45) is 12.0 Å². The molecule has 0 unspecified atom stereocenters. The van der Waals surface area contributed by atoms with Crippen LogP contribution in [-0.4, -0.2) is 34.3 Å². The van der Waals surface area contributed by atoms with Gasteiger partial charge in [-0.25, -0.2) is 4.98 Å². The van der Waals surface area contributed by atoms with Gasteiger partial charge in [-0.3, -0.25) is 9.67 Å². The summed E-state index contributed by atoms with van der Waals surface area (Å²) in [7, 11) is 3.53. The number of nitrogens with one attached hydrogen (secondary N) is 2. The van der Waals surface area contributed by atoms with E-state index < -0.39 is 11.9 Å². The SMILES string of the molecule is CN=C(NCCc1nc(C(F)(F)F)cs1)NCc1c(C)nn(C)c1C. The number of aliphatic imine (C=N–C) groups is 1. The van der Waals surface area contributed by atoms with Crippen molar-refractivity contribution >= 4 is 17.3 Å². The molecule has 0 aliphatic carbocycles. The molecule has 0 aromatic carbocycles. The van der Waals surface area contributed by atoms with Gasteiger partial charge in [0.2, 0.25) is 0 Å². The predicted octanol–water partition coefficient (Wildman–Crippen LogP) is 2.42. The molecule has 0 bridgehead atoms. The monoisotopic (exact) mass is 374 g/mol. The second-order valence-corrected chi connectivity index (χ2v) is 6.44. The van der Waals surface area contributed by atoms with E-state index in [0.29, 0.717) is 30.5 Å². The molecule has 2 N–H and O–H groups in total. The first-order valence-electron chi connectivity index (χ1n) is 7.67. The van der Waals surface area contributed by atoms with Gasteiger partial charge >= 0.3 is 6.18 Å². The lowest BCUT2D eigenvalue weighted by Gasteiger charge is -2.11. The first-order chi connectivity index (χ1) is 11.7. The topological polar surface area (TPSA) is 67.1 Å². The summed E-state index contributed by atoms with van der Waals surface area (Å²) in [4.78, 5) is 7.72. The van der Waals surface area contributed by atoms with Crippen LogP contribution >= 0.6 is 11.3 Å². The van der Waals surface area contributed by atoms with Crippen LogP contribution in [0.1, 0.15) is 27.7 Å². The summed E-state index contributed by atoms with van der Waals surface area (Å²) in [5, 5.41) is 12.1. The fraction of sp³-hybridized carbons (Fsp3) is 0.533. The fourth-order valence-electron chi connectivity index (χ4n) is 2.31. The number of guanidine groups is 1. The van der Waals surface area contributed by atoms with Crippen LogP contribution < -0.4 is 10.6 Å². The molecule has 0 saturated carbocycles. The van der Waals surface area contributed by atoms with Gasteiger partial charge in [-0.1, -0.05) is 0 Å². The van der Waals surface area contributed by atoms with E-state index in [0.717, 1.165) is 33.7 Å². The molecule has 6 nitrogen and oxygen atoms in total. The number of thiazole rings is 1. The average Bonchev–Trinajstić information content (AvgIpc) is 3.10. The number of rotatable bonds is 5. The fourth-order valence-corrected chi connectivity index (χ4v) is 3.11. The second-order valence-electron chi connectivity index (χ2n) is 5.50. The number of nitrogens with zero attached hydrogens (tertiary/aromatic N) is 4. The summed E-state index contributed by atoms with van der Waals surface area (Å²) in [6.07, 6.45) is -3.99. The Bertz CT molecular complexity index is 747. The van der Waals surface area contributed by atoms with E-state index in [1.165, 1.54) is 0 Å². The molecular weight excluding hydrogens is 353 g/mol. The third kappa shape index (κ3) is 4.94. The molecule has 0 amide bonds. The highest BCUT2D eigenvalue weighted by Crippen LogP contribution is 2.29. The van der Waals surface area contributed by atoms with Gasteiger partial charge in [-0.05, 0) is 13.8 Å². The lowest BCUT2D eigenvalue weighted by molar-refractivity contribution is -0.140. The number of hydrogen-bond donors (Lipinski definition) is 2. The predicted molar refractivity (Wildman–Crippen MR) is 91.7 cm³/mol. The molecule has 2 rings (SSSR count). The van der Waals surface area contributed by atoms with E-state index in [9.17, 15) is 13.2 Å². The van der Waals surface area contributed by atoms with Gasteiger partial charge in [0.15, 0.2) is 11.7 Å². The van der Waals surface area contributed by atoms with Crippen molar-refractivity contribution in [1.82, 2.24) is 25.4 Å². The largest absolute Gasteiger partial charge is 0.434 e. The van der Waals surface area contributed by atoms with E-state index in [1.54, 1.807) is 7.05 Å². The number of halogens is 3. The Morgan fingerprint density at radius 1 is 1.32 bits per heavy atom. The highest BCUT2D eigenvalue weighted by atomic mass is 32.1. The minimum atomic E-state index is -4.39. The molecule has 2 heterocycles. The number of hydrogen-bond acceptors (Lipinski definition) is 4. The third-order valence-corrected chi connectivity index (χ3v) is 4.70. The second kappa shape index (κ2) is 7.85. The zero-order valence-corrected chi connectivity index (χ0v) is 15.3. The van der Waals surface area contributed by atoms with Crippen LogP contribution in [0.5, 0.6) is 0 Å². The Labute approximate surface area is 148 Å². The Morgan fingerprint density at radius 2 is 2.04 bits per heavy atom. The quantitative estimate of drug-likeness (QED) is 0.623. The van der Waals surface area contributed by atoms with Crippen LogP contribution in [0.4, 0.5) is 13.2 Å². The first-order valence-corrected chi connectivity index (χ1v) is 8.55. The molecule has 2 aromatic heterocycles. The molecule has 0 atom stereocenters. The summed E-state index contributed by atoms with van der Waals surface area (Å²) >= 11 is 1.01. The standard InChI is InChI=1S/C15H21F3N6S/c1-9-11(10(2)24(4)23-9)7-21-14(19-3)20-6-5-13-22-12(8-25-13)15(16,17)18/h8H,5-7H2,1-4H3,(H2,19,20,21). The van der Waals surface area contributed by atoms with Gasteiger partial charge in [0, 0.05) is 50.2 Å². The molecule has 10 heteroatoms. The molecule has 0 radical (unpaired) electrons. The van der Waals surface area contributed by atoms with Crippen LogP contribution in [0.15, 0.2) is 10.4 Å². The van der Waals surface area contributed by atoms with Crippen LogP contribution in [-0.2, 0) is 26.2 Å². The third-order valence-electron chi connectivity index (χ3n) is 3.79. The summed E-state index contributed by atoms with van der Waals surface area (Å²) in [5.74, 6) is 0.579. The smallest absolute Gasteiger partial charge is 0.356 e. The van der Waals surface area contributed by atoms with Crippen molar-refractivity contribution < 1.29 is 13.2 Å². The number of aryl methyl sites for hydroxylation is 2. The van der Waals surface area contributed by atoms with E-state index in [2.05, 4.69) is 25.7 Å². The first kappa shape index (κ1) is 19.2. The normalized spacial score (nSPS) is 12.5. The zero-order valence-electron chi connectivity index (χ0n) is 14.5. The summed E-state index contributed by atoms with van der Waals surface area (Å²) < 4.78 is 39.4. The summed E-state index contributed by atoms with van der Waals surface area (Å²) in [5.41, 5.74) is 2.28. The lowest BCUT2D eigenvalue weighted by atomic mass is 10.2. The van der Waals surface area contributed by atoms with Gasteiger partial charge < -0.3 is 10.6 Å². The number of alkyl halides is 3. The Balaban J connectivity index is 1.83. The Hall–Kier alpha value is -2.10. The maximum absolute atomic E-state index is 12.5. The number of aromatic nitrogens is 3. The van der Waals surface area contributed by atoms with Crippen molar-refractivity contribution in [1.29, 1.82) is 0 Å². The molecule has 25 heavy (non-hydrogen) atoms. The molecule has 0 aliphatic rings. The van der Waals surface area contributed by atoms with Crippen LogP contribution in [0.2, 0.25) is 0 Å².